The summed E-state index contributed by atoms with van der Waals surface area (Å²) in [7, 11) is -4.71. The second-order valence-electron chi connectivity index (χ2n) is 15.2. The highest BCUT2D eigenvalue weighted by Gasteiger charge is 2.28. The Kier molecular flexibility index (Phi) is 37.8. The summed E-state index contributed by atoms with van der Waals surface area (Å²) in [5.74, 6) is -2.38. The van der Waals surface area contributed by atoms with Gasteiger partial charge in [-0.15, -0.1) is 0 Å². The maximum Gasteiger partial charge on any atom is 0.472 e. The lowest BCUT2D eigenvalue weighted by Crippen LogP contribution is -2.34. The van der Waals surface area contributed by atoms with Crippen molar-refractivity contribution in [1.82, 2.24) is 0 Å². The molecule has 0 bridgehead atoms. The molecule has 0 aliphatic carbocycles. The highest BCUT2D eigenvalue weighted by molar-refractivity contribution is 7.47. The molecule has 0 saturated heterocycles. The SMILES string of the molecule is CCCCCC/C=C/CCCCCCCC(=O)OC[C@H](COP(=O)(O)OC[C@H](N)C(=O)O)OC(=O)CCCCCCCCCCCCCCCCCCCC. The topological polar surface area (TPSA) is 172 Å². The van der Waals surface area contributed by atoms with Crippen LogP contribution in [-0.2, 0) is 37.5 Å². The monoisotopic (exact) mass is 804 g/mol. The fourth-order valence-electron chi connectivity index (χ4n) is 6.24. The van der Waals surface area contributed by atoms with Crippen molar-refractivity contribution in [2.45, 2.75) is 225 Å². The molecule has 0 aliphatic rings. The van der Waals surface area contributed by atoms with Gasteiger partial charge in [0.1, 0.15) is 12.6 Å². The van der Waals surface area contributed by atoms with E-state index in [1.807, 2.05) is 0 Å². The van der Waals surface area contributed by atoms with Gasteiger partial charge in [-0.3, -0.25) is 23.4 Å². The Morgan fingerprint density at radius 1 is 0.545 bits per heavy atom. The van der Waals surface area contributed by atoms with Crippen molar-refractivity contribution in [3.63, 3.8) is 0 Å². The molecule has 0 amide bonds. The molecule has 0 heterocycles. The van der Waals surface area contributed by atoms with E-state index in [9.17, 15) is 23.8 Å². The zero-order chi connectivity index (χ0) is 40.7. The minimum Gasteiger partial charge on any atom is -0.480 e. The van der Waals surface area contributed by atoms with Gasteiger partial charge in [0.05, 0.1) is 13.2 Å². The van der Waals surface area contributed by atoms with Gasteiger partial charge in [-0.25, -0.2) is 4.57 Å². The number of allylic oxidation sites excluding steroid dienone is 2. The molecule has 0 aromatic rings. The molecule has 0 aliphatic heterocycles. The lowest BCUT2D eigenvalue weighted by atomic mass is 10.0. The first-order valence-electron chi connectivity index (χ1n) is 22.2. The zero-order valence-electron chi connectivity index (χ0n) is 35.0. The first-order chi connectivity index (χ1) is 26.6. The molecule has 0 fully saturated rings. The average molecular weight is 804 g/mol. The third kappa shape index (κ3) is 38.9. The number of hydrogen-bond donors (Lipinski definition) is 3. The van der Waals surface area contributed by atoms with Crippen LogP contribution in [0.1, 0.15) is 213 Å². The predicted octanol–water partition coefficient (Wildman–Crippen LogP) is 11.7. The van der Waals surface area contributed by atoms with E-state index >= 15 is 0 Å². The van der Waals surface area contributed by atoms with Gasteiger partial charge in [0.2, 0.25) is 0 Å². The Labute approximate surface area is 335 Å². The maximum absolute atomic E-state index is 12.6. The van der Waals surface area contributed by atoms with Gasteiger partial charge in [0.15, 0.2) is 6.10 Å². The van der Waals surface area contributed by atoms with Crippen LogP contribution in [0.2, 0.25) is 0 Å². The van der Waals surface area contributed by atoms with Crippen LogP contribution in [-0.4, -0.2) is 59.9 Å². The van der Waals surface area contributed by atoms with Crippen molar-refractivity contribution in [2.75, 3.05) is 19.8 Å². The number of carboxylic acid groups (broad SMARTS) is 1. The smallest absolute Gasteiger partial charge is 0.472 e. The van der Waals surface area contributed by atoms with Crippen LogP contribution >= 0.6 is 7.82 Å². The molecular weight excluding hydrogens is 721 g/mol. The van der Waals surface area contributed by atoms with Crippen molar-refractivity contribution in [3.05, 3.63) is 12.2 Å². The van der Waals surface area contributed by atoms with E-state index in [0.717, 1.165) is 57.8 Å². The van der Waals surface area contributed by atoms with Gasteiger partial charge < -0.3 is 25.2 Å². The summed E-state index contributed by atoms with van der Waals surface area (Å²) in [4.78, 5) is 45.9. The van der Waals surface area contributed by atoms with Crippen LogP contribution in [0.25, 0.3) is 0 Å². The fourth-order valence-corrected chi connectivity index (χ4v) is 7.02. The molecule has 4 N–H and O–H groups in total. The Hall–Kier alpha value is -1.78. The molecule has 0 radical (unpaired) electrons. The summed E-state index contributed by atoms with van der Waals surface area (Å²) in [6, 6.07) is -1.52. The number of carbonyl (C=O) groups is 3. The number of unbranched alkanes of at least 4 members (excludes halogenated alkanes) is 26. The molecule has 0 saturated carbocycles. The molecule has 0 aromatic heterocycles. The molecule has 55 heavy (non-hydrogen) atoms. The second kappa shape index (κ2) is 39.1. The highest BCUT2D eigenvalue weighted by Crippen LogP contribution is 2.43. The Balaban J connectivity index is 4.31. The van der Waals surface area contributed by atoms with Crippen LogP contribution in [0, 0.1) is 0 Å². The predicted molar refractivity (Wildman–Crippen MR) is 222 cm³/mol. The third-order valence-corrected chi connectivity index (χ3v) is 10.7. The van der Waals surface area contributed by atoms with E-state index in [2.05, 4.69) is 30.5 Å². The Morgan fingerprint density at radius 2 is 0.909 bits per heavy atom. The molecule has 0 spiro atoms. The summed E-state index contributed by atoms with van der Waals surface area (Å²) >= 11 is 0. The number of hydrogen-bond acceptors (Lipinski definition) is 9. The fraction of sp³-hybridized carbons (Fsp3) is 0.884. The molecule has 0 aromatic carbocycles. The number of phosphoric ester groups is 1. The van der Waals surface area contributed by atoms with Gasteiger partial charge in [0, 0.05) is 12.8 Å². The van der Waals surface area contributed by atoms with E-state index in [4.69, 9.17) is 24.8 Å². The van der Waals surface area contributed by atoms with Crippen LogP contribution < -0.4 is 5.73 Å². The van der Waals surface area contributed by atoms with E-state index in [0.29, 0.717) is 12.8 Å². The molecule has 12 heteroatoms. The summed E-state index contributed by atoms with van der Waals surface area (Å²) in [6.45, 7) is 2.80. The van der Waals surface area contributed by atoms with Gasteiger partial charge in [-0.05, 0) is 38.5 Å². The van der Waals surface area contributed by atoms with Crippen molar-refractivity contribution in [2.24, 2.45) is 5.73 Å². The van der Waals surface area contributed by atoms with E-state index in [1.54, 1.807) is 0 Å². The van der Waals surface area contributed by atoms with Gasteiger partial charge in [-0.1, -0.05) is 174 Å². The van der Waals surface area contributed by atoms with Crippen LogP contribution in [0.15, 0.2) is 12.2 Å². The minimum absolute atomic E-state index is 0.165. The number of ether oxygens (including phenoxy) is 2. The van der Waals surface area contributed by atoms with Crippen molar-refractivity contribution in [1.29, 1.82) is 0 Å². The van der Waals surface area contributed by atoms with Gasteiger partial charge in [-0.2, -0.15) is 0 Å². The number of esters is 2. The first kappa shape index (κ1) is 53.2. The molecule has 0 rings (SSSR count). The van der Waals surface area contributed by atoms with Crippen LogP contribution in [0.4, 0.5) is 0 Å². The largest absolute Gasteiger partial charge is 0.480 e. The molecule has 3 atom stereocenters. The quantitative estimate of drug-likeness (QED) is 0.0232. The zero-order valence-corrected chi connectivity index (χ0v) is 35.9. The van der Waals surface area contributed by atoms with E-state index < -0.39 is 51.1 Å². The molecule has 324 valence electrons. The second-order valence-corrected chi connectivity index (χ2v) is 16.6. The van der Waals surface area contributed by atoms with E-state index in [1.165, 1.54) is 116 Å². The number of phosphoric acid groups is 1. The number of carboxylic acids is 1. The lowest BCUT2D eigenvalue weighted by Gasteiger charge is -2.20. The molecule has 11 nitrogen and oxygen atoms in total. The van der Waals surface area contributed by atoms with E-state index in [-0.39, 0.29) is 19.4 Å². The summed E-state index contributed by atoms with van der Waals surface area (Å²) in [6.07, 6.45) is 38.4. The number of rotatable bonds is 42. The third-order valence-electron chi connectivity index (χ3n) is 9.76. The Bertz CT molecular complexity index is 995. The minimum atomic E-state index is -4.71. The summed E-state index contributed by atoms with van der Waals surface area (Å²) < 4.78 is 32.7. The van der Waals surface area contributed by atoms with Crippen molar-refractivity contribution in [3.8, 4) is 0 Å². The standard InChI is InChI=1S/C43H82NO10P/c1-3-5-7-9-11-13-15-17-18-19-20-21-23-25-27-29-31-33-35-42(46)54-39(37-52-55(49,50)53-38-40(44)43(47)48)36-51-41(45)34-32-30-28-26-24-22-16-14-12-10-8-6-4-2/h14,16,39-40H,3-13,15,17-38,44H2,1-2H3,(H,47,48)(H,49,50)/b16-14+/t39-,40+/m1/s1. The maximum atomic E-state index is 12.6. The number of carbonyl (C=O) groups excluding carboxylic acids is 2. The molecule has 1 unspecified atom stereocenters. The van der Waals surface area contributed by atoms with Crippen LogP contribution in [0.5, 0.6) is 0 Å². The normalized spacial score (nSPS) is 13.8. The molecular formula is C43H82NO10P. The first-order valence-corrected chi connectivity index (χ1v) is 23.7. The van der Waals surface area contributed by atoms with Crippen LogP contribution in [0.3, 0.4) is 0 Å². The summed E-state index contributed by atoms with van der Waals surface area (Å²) in [5, 5.41) is 8.88. The summed E-state index contributed by atoms with van der Waals surface area (Å²) in [5.41, 5.74) is 5.33. The lowest BCUT2D eigenvalue weighted by molar-refractivity contribution is -0.161. The number of nitrogens with two attached hydrogens (primary N) is 1. The highest BCUT2D eigenvalue weighted by atomic mass is 31.2. The number of aliphatic carboxylic acids is 1. The van der Waals surface area contributed by atoms with Crippen molar-refractivity contribution >= 4 is 25.7 Å². The van der Waals surface area contributed by atoms with Gasteiger partial charge >= 0.3 is 25.7 Å². The van der Waals surface area contributed by atoms with Crippen molar-refractivity contribution < 1.29 is 47.5 Å². The van der Waals surface area contributed by atoms with Gasteiger partial charge in [0.25, 0.3) is 0 Å². The Morgan fingerprint density at radius 3 is 1.35 bits per heavy atom. The average Bonchev–Trinajstić information content (AvgIpc) is 3.16.